The van der Waals surface area contributed by atoms with Gasteiger partial charge in [0.2, 0.25) is 0 Å². The van der Waals surface area contributed by atoms with Gasteiger partial charge in [0.1, 0.15) is 5.82 Å². The molecule has 2 rings (SSSR count). The molecule has 1 aliphatic rings. The van der Waals surface area contributed by atoms with E-state index in [0.29, 0.717) is 23.8 Å². The second-order valence-electron chi connectivity index (χ2n) is 5.07. The fraction of sp³-hybridized carbons (Fsp3) is 0.538. The number of ether oxygens (including phenoxy) is 1. The van der Waals surface area contributed by atoms with Crippen molar-refractivity contribution in [3.8, 4) is 0 Å². The maximum atomic E-state index is 12.7. The molecule has 0 saturated carbocycles. The van der Waals surface area contributed by atoms with E-state index in [1.807, 2.05) is 13.8 Å². The van der Waals surface area contributed by atoms with Crippen molar-refractivity contribution in [1.82, 2.24) is 9.88 Å². The standard InChI is InChI=1S/C13H18ClN3O2/c1-13(2,17-3-5-19-6-4-17)11(18)10-7-9(14)8-16-12(10)15/h7-8H,3-6H2,1-2H3,(H2,15,16). The summed E-state index contributed by atoms with van der Waals surface area (Å²) in [5.41, 5.74) is 5.51. The SMILES string of the molecule is CC(C)(C(=O)c1cc(Cl)cnc1N)N1CCOCC1. The highest BCUT2D eigenvalue weighted by molar-refractivity contribution is 6.31. The van der Waals surface area contributed by atoms with Crippen LogP contribution in [0.15, 0.2) is 12.3 Å². The molecule has 1 fully saturated rings. The third kappa shape index (κ3) is 2.88. The number of nitrogens with two attached hydrogens (primary N) is 1. The van der Waals surface area contributed by atoms with Crippen molar-refractivity contribution in [2.45, 2.75) is 19.4 Å². The van der Waals surface area contributed by atoms with Gasteiger partial charge in [-0.3, -0.25) is 9.69 Å². The monoisotopic (exact) mass is 283 g/mol. The minimum Gasteiger partial charge on any atom is -0.383 e. The summed E-state index contributed by atoms with van der Waals surface area (Å²) < 4.78 is 5.31. The third-order valence-electron chi connectivity index (χ3n) is 3.49. The Hall–Kier alpha value is -1.17. The Balaban J connectivity index is 2.28. The number of nitrogen functional groups attached to an aromatic ring is 1. The van der Waals surface area contributed by atoms with Crippen LogP contribution in [0.5, 0.6) is 0 Å². The largest absolute Gasteiger partial charge is 0.383 e. The molecule has 2 heterocycles. The number of hydrogen-bond acceptors (Lipinski definition) is 5. The topological polar surface area (TPSA) is 68.5 Å². The zero-order valence-electron chi connectivity index (χ0n) is 11.1. The smallest absolute Gasteiger partial charge is 0.186 e. The van der Waals surface area contributed by atoms with E-state index in [4.69, 9.17) is 22.1 Å². The Bertz CT molecular complexity index is 485. The first-order valence-electron chi connectivity index (χ1n) is 6.21. The Morgan fingerprint density at radius 2 is 2.11 bits per heavy atom. The lowest BCUT2D eigenvalue weighted by molar-refractivity contribution is -0.00427. The highest BCUT2D eigenvalue weighted by Crippen LogP contribution is 2.25. The van der Waals surface area contributed by atoms with E-state index in [0.717, 1.165) is 13.1 Å². The van der Waals surface area contributed by atoms with Gasteiger partial charge in [0.15, 0.2) is 5.78 Å². The normalized spacial score (nSPS) is 17.4. The van der Waals surface area contributed by atoms with Crippen molar-refractivity contribution in [3.05, 3.63) is 22.8 Å². The zero-order valence-corrected chi connectivity index (χ0v) is 11.9. The van der Waals surface area contributed by atoms with E-state index in [-0.39, 0.29) is 11.6 Å². The molecule has 1 aromatic rings. The first-order valence-corrected chi connectivity index (χ1v) is 6.59. The molecule has 19 heavy (non-hydrogen) atoms. The van der Waals surface area contributed by atoms with Crippen molar-refractivity contribution in [3.63, 3.8) is 0 Å². The van der Waals surface area contributed by atoms with Gasteiger partial charge in [0.05, 0.1) is 29.3 Å². The number of pyridine rings is 1. The van der Waals surface area contributed by atoms with E-state index < -0.39 is 5.54 Å². The number of halogens is 1. The van der Waals surface area contributed by atoms with Crippen LogP contribution in [0, 0.1) is 0 Å². The summed E-state index contributed by atoms with van der Waals surface area (Å²) in [6, 6.07) is 1.58. The summed E-state index contributed by atoms with van der Waals surface area (Å²) in [5, 5.41) is 0.412. The molecular weight excluding hydrogens is 266 g/mol. The van der Waals surface area contributed by atoms with E-state index in [9.17, 15) is 4.79 Å². The molecule has 2 N–H and O–H groups in total. The van der Waals surface area contributed by atoms with E-state index in [1.165, 1.54) is 6.20 Å². The predicted octanol–water partition coefficient (Wildman–Crippen LogP) is 1.61. The zero-order chi connectivity index (χ0) is 14.0. The predicted molar refractivity (Wildman–Crippen MR) is 74.5 cm³/mol. The molecule has 0 atom stereocenters. The van der Waals surface area contributed by atoms with E-state index in [1.54, 1.807) is 6.07 Å². The molecular formula is C13H18ClN3O2. The lowest BCUT2D eigenvalue weighted by Crippen LogP contribution is -2.54. The number of carbonyl (C=O) groups is 1. The van der Waals surface area contributed by atoms with Crippen LogP contribution in [0.4, 0.5) is 5.82 Å². The van der Waals surface area contributed by atoms with Crippen molar-refractivity contribution in [2.24, 2.45) is 0 Å². The Kier molecular flexibility index (Phi) is 4.08. The van der Waals surface area contributed by atoms with Gasteiger partial charge in [-0.1, -0.05) is 11.6 Å². The Labute approximate surface area is 117 Å². The van der Waals surface area contributed by atoms with E-state index >= 15 is 0 Å². The fourth-order valence-electron chi connectivity index (χ4n) is 2.23. The molecule has 6 heteroatoms. The van der Waals surface area contributed by atoms with Crippen molar-refractivity contribution in [1.29, 1.82) is 0 Å². The van der Waals surface area contributed by atoms with E-state index in [2.05, 4.69) is 9.88 Å². The van der Waals surface area contributed by atoms with Crippen molar-refractivity contribution >= 4 is 23.2 Å². The molecule has 0 aliphatic carbocycles. The van der Waals surface area contributed by atoms with Crippen LogP contribution in [0.1, 0.15) is 24.2 Å². The highest BCUT2D eigenvalue weighted by atomic mass is 35.5. The fourth-order valence-corrected chi connectivity index (χ4v) is 2.39. The lowest BCUT2D eigenvalue weighted by Gasteiger charge is -2.39. The number of hydrogen-bond donors (Lipinski definition) is 1. The number of aromatic nitrogens is 1. The van der Waals surface area contributed by atoms with Crippen LogP contribution in [0.3, 0.4) is 0 Å². The van der Waals surface area contributed by atoms with Gasteiger partial charge in [-0.05, 0) is 19.9 Å². The second-order valence-corrected chi connectivity index (χ2v) is 5.51. The molecule has 1 aliphatic heterocycles. The molecule has 5 nitrogen and oxygen atoms in total. The number of ketones is 1. The first kappa shape index (κ1) is 14.2. The number of morpholine rings is 1. The van der Waals surface area contributed by atoms with Gasteiger partial charge in [0, 0.05) is 19.3 Å². The van der Waals surface area contributed by atoms with Crippen molar-refractivity contribution in [2.75, 3.05) is 32.0 Å². The minimum atomic E-state index is -0.649. The van der Waals surface area contributed by atoms with Crippen LogP contribution in [0.2, 0.25) is 5.02 Å². The minimum absolute atomic E-state index is 0.0677. The lowest BCUT2D eigenvalue weighted by atomic mass is 9.91. The average molecular weight is 284 g/mol. The maximum absolute atomic E-state index is 12.7. The maximum Gasteiger partial charge on any atom is 0.186 e. The highest BCUT2D eigenvalue weighted by Gasteiger charge is 2.37. The number of anilines is 1. The third-order valence-corrected chi connectivity index (χ3v) is 3.69. The van der Waals surface area contributed by atoms with Gasteiger partial charge in [0.25, 0.3) is 0 Å². The van der Waals surface area contributed by atoms with Crippen LogP contribution < -0.4 is 5.73 Å². The molecule has 0 spiro atoms. The number of Topliss-reactive ketones (excluding diaryl/α,β-unsaturated/α-hetero) is 1. The summed E-state index contributed by atoms with van der Waals surface area (Å²) in [6.45, 7) is 6.52. The molecule has 1 saturated heterocycles. The van der Waals surface area contributed by atoms with Gasteiger partial charge in [-0.2, -0.15) is 0 Å². The second kappa shape index (κ2) is 5.45. The molecule has 0 bridgehead atoms. The summed E-state index contributed by atoms with van der Waals surface area (Å²) >= 11 is 5.89. The molecule has 0 radical (unpaired) electrons. The summed E-state index contributed by atoms with van der Waals surface area (Å²) in [7, 11) is 0. The van der Waals surface area contributed by atoms with Crippen LogP contribution in [-0.4, -0.2) is 47.5 Å². The summed E-state index contributed by atoms with van der Waals surface area (Å²) in [4.78, 5) is 18.7. The van der Waals surface area contributed by atoms with Gasteiger partial charge in [-0.15, -0.1) is 0 Å². The molecule has 104 valence electrons. The Morgan fingerprint density at radius 3 is 2.74 bits per heavy atom. The molecule has 0 amide bonds. The first-order chi connectivity index (χ1) is 8.93. The number of nitrogens with zero attached hydrogens (tertiary/aromatic N) is 2. The van der Waals surface area contributed by atoms with Gasteiger partial charge in [-0.25, -0.2) is 4.98 Å². The van der Waals surface area contributed by atoms with Gasteiger partial charge >= 0.3 is 0 Å². The quantitative estimate of drug-likeness (QED) is 0.854. The van der Waals surface area contributed by atoms with Crippen molar-refractivity contribution < 1.29 is 9.53 Å². The molecule has 1 aromatic heterocycles. The number of carbonyl (C=O) groups excluding carboxylic acids is 1. The van der Waals surface area contributed by atoms with Crippen LogP contribution in [0.25, 0.3) is 0 Å². The Morgan fingerprint density at radius 1 is 1.47 bits per heavy atom. The summed E-state index contributed by atoms with van der Waals surface area (Å²) in [5.74, 6) is 0.151. The van der Waals surface area contributed by atoms with Crippen LogP contribution in [-0.2, 0) is 4.74 Å². The van der Waals surface area contributed by atoms with Crippen LogP contribution >= 0.6 is 11.6 Å². The summed E-state index contributed by atoms with van der Waals surface area (Å²) in [6.07, 6.45) is 1.44. The van der Waals surface area contributed by atoms with Gasteiger partial charge < -0.3 is 10.5 Å². The molecule has 0 aromatic carbocycles. The molecule has 0 unspecified atom stereocenters. The number of rotatable bonds is 3. The average Bonchev–Trinajstić information content (AvgIpc) is 2.41.